The average molecular weight is 277 g/mol. The van der Waals surface area contributed by atoms with Crippen molar-refractivity contribution in [2.24, 2.45) is 5.73 Å². The van der Waals surface area contributed by atoms with E-state index in [1.807, 2.05) is 6.92 Å². The number of nitrogens with two attached hydrogens (primary N) is 1. The van der Waals surface area contributed by atoms with Gasteiger partial charge in [0.25, 0.3) is 0 Å². The Bertz CT molecular complexity index is 611. The molecule has 0 bridgehead atoms. The highest BCUT2D eigenvalue weighted by Crippen LogP contribution is 2.19. The van der Waals surface area contributed by atoms with E-state index in [2.05, 4.69) is 10.1 Å². The first-order valence-corrected chi connectivity index (χ1v) is 6.25. The Hall–Kier alpha value is -2.44. The summed E-state index contributed by atoms with van der Waals surface area (Å²) in [6.45, 7) is 2.91. The van der Waals surface area contributed by atoms with Gasteiger partial charge in [0.15, 0.2) is 17.4 Å². The molecular formula is C13H16FN5O. The largest absolute Gasteiger partial charge is 0.483 e. The number of aryl methyl sites for hydroxylation is 1. The predicted molar refractivity (Wildman–Crippen MR) is 72.1 cm³/mol. The van der Waals surface area contributed by atoms with Crippen LogP contribution >= 0.6 is 0 Å². The van der Waals surface area contributed by atoms with Crippen LogP contribution in [-0.4, -0.2) is 20.6 Å². The fourth-order valence-corrected chi connectivity index (χ4v) is 1.73. The number of hydrogen-bond acceptors (Lipinski definition) is 4. The first-order valence-electron chi connectivity index (χ1n) is 6.25. The molecule has 0 aliphatic rings. The molecule has 2 aromatic rings. The van der Waals surface area contributed by atoms with E-state index in [0.29, 0.717) is 11.4 Å². The fraction of sp³-hybridized carbons (Fsp3) is 0.308. The number of nitrogen functional groups attached to an aromatic ring is 1. The van der Waals surface area contributed by atoms with Gasteiger partial charge in [-0.2, -0.15) is 5.10 Å². The molecule has 0 spiro atoms. The van der Waals surface area contributed by atoms with Crippen LogP contribution in [0.2, 0.25) is 0 Å². The van der Waals surface area contributed by atoms with Crippen LogP contribution in [0.4, 0.5) is 4.39 Å². The van der Waals surface area contributed by atoms with Crippen molar-refractivity contribution in [3.8, 4) is 5.75 Å². The van der Waals surface area contributed by atoms with Gasteiger partial charge in [-0.25, -0.2) is 14.1 Å². The summed E-state index contributed by atoms with van der Waals surface area (Å²) in [5, 5.41) is 11.3. The van der Waals surface area contributed by atoms with Crippen LogP contribution in [0.5, 0.6) is 5.75 Å². The summed E-state index contributed by atoms with van der Waals surface area (Å²) in [5.74, 6) is 0.000314. The maximum absolute atomic E-state index is 13.8. The van der Waals surface area contributed by atoms with Crippen molar-refractivity contribution in [1.82, 2.24) is 14.8 Å². The number of nitrogens with zero attached hydrogens (tertiary/aromatic N) is 3. The topological polar surface area (TPSA) is 89.8 Å². The van der Waals surface area contributed by atoms with Crippen LogP contribution < -0.4 is 10.5 Å². The van der Waals surface area contributed by atoms with Gasteiger partial charge >= 0.3 is 0 Å². The van der Waals surface area contributed by atoms with Gasteiger partial charge in [-0.15, -0.1) is 0 Å². The van der Waals surface area contributed by atoms with Crippen LogP contribution in [0.25, 0.3) is 0 Å². The molecule has 0 aliphatic heterocycles. The molecule has 3 N–H and O–H groups in total. The van der Waals surface area contributed by atoms with Gasteiger partial charge in [-0.05, 0) is 24.6 Å². The second-order valence-corrected chi connectivity index (χ2v) is 4.25. The van der Waals surface area contributed by atoms with E-state index in [4.69, 9.17) is 15.9 Å². The highest BCUT2D eigenvalue weighted by atomic mass is 19.1. The maximum atomic E-state index is 13.8. The van der Waals surface area contributed by atoms with E-state index >= 15 is 0 Å². The lowest BCUT2D eigenvalue weighted by molar-refractivity contribution is 0.272. The number of rotatable bonds is 6. The lowest BCUT2D eigenvalue weighted by Gasteiger charge is -2.09. The SMILES string of the molecule is CCCn1ncnc1COc1ccc(C(=N)N)cc1F. The Balaban J connectivity index is 2.07. The van der Waals surface area contributed by atoms with Crippen molar-refractivity contribution in [3.05, 3.63) is 41.7 Å². The first-order chi connectivity index (χ1) is 9.61. The highest BCUT2D eigenvalue weighted by molar-refractivity contribution is 5.95. The maximum Gasteiger partial charge on any atom is 0.165 e. The Labute approximate surface area is 115 Å². The summed E-state index contributed by atoms with van der Waals surface area (Å²) >= 11 is 0. The summed E-state index contributed by atoms with van der Waals surface area (Å²) < 4.78 is 20.9. The molecule has 6 nitrogen and oxygen atoms in total. The number of aromatic nitrogens is 3. The third-order valence-corrected chi connectivity index (χ3v) is 2.73. The molecule has 0 atom stereocenters. The number of amidine groups is 1. The minimum atomic E-state index is -0.556. The minimum Gasteiger partial charge on any atom is -0.483 e. The summed E-state index contributed by atoms with van der Waals surface area (Å²) in [5.41, 5.74) is 5.61. The molecule has 0 unspecified atom stereocenters. The third kappa shape index (κ3) is 3.11. The molecule has 0 radical (unpaired) electrons. The van der Waals surface area contributed by atoms with Crippen molar-refractivity contribution < 1.29 is 9.13 Å². The van der Waals surface area contributed by atoms with Crippen LogP contribution in [0.1, 0.15) is 24.7 Å². The van der Waals surface area contributed by atoms with Crippen molar-refractivity contribution in [3.63, 3.8) is 0 Å². The second-order valence-electron chi connectivity index (χ2n) is 4.25. The van der Waals surface area contributed by atoms with Crippen molar-refractivity contribution >= 4 is 5.84 Å². The van der Waals surface area contributed by atoms with E-state index in [0.717, 1.165) is 13.0 Å². The van der Waals surface area contributed by atoms with Gasteiger partial charge in [0.1, 0.15) is 18.8 Å². The molecule has 0 fully saturated rings. The van der Waals surface area contributed by atoms with Crippen molar-refractivity contribution in [1.29, 1.82) is 5.41 Å². The molecule has 0 aliphatic carbocycles. The van der Waals surface area contributed by atoms with Gasteiger partial charge in [0.2, 0.25) is 0 Å². The second kappa shape index (κ2) is 6.14. The van der Waals surface area contributed by atoms with Gasteiger partial charge in [-0.1, -0.05) is 6.92 Å². The van der Waals surface area contributed by atoms with Gasteiger partial charge < -0.3 is 10.5 Å². The number of nitrogens with one attached hydrogen (secondary N) is 1. The van der Waals surface area contributed by atoms with E-state index in [1.165, 1.54) is 24.5 Å². The zero-order valence-corrected chi connectivity index (χ0v) is 11.1. The summed E-state index contributed by atoms with van der Waals surface area (Å²) in [6.07, 6.45) is 2.38. The molecule has 1 aromatic heterocycles. The van der Waals surface area contributed by atoms with Crippen LogP contribution in [0.3, 0.4) is 0 Å². The molecular weight excluding hydrogens is 261 g/mol. The Kier molecular flexibility index (Phi) is 4.29. The summed E-state index contributed by atoms with van der Waals surface area (Å²) in [6, 6.07) is 4.17. The zero-order chi connectivity index (χ0) is 14.5. The molecule has 7 heteroatoms. The van der Waals surface area contributed by atoms with E-state index in [9.17, 15) is 4.39 Å². The number of benzene rings is 1. The quantitative estimate of drug-likeness (QED) is 0.621. The normalized spacial score (nSPS) is 10.5. The monoisotopic (exact) mass is 277 g/mol. The summed E-state index contributed by atoms with van der Waals surface area (Å²) in [7, 11) is 0. The number of hydrogen-bond donors (Lipinski definition) is 2. The zero-order valence-electron chi connectivity index (χ0n) is 11.1. The standard InChI is InChI=1S/C13H16FN5O/c1-2-5-19-12(17-8-18-19)7-20-11-4-3-9(13(15)16)6-10(11)14/h3-4,6,8H,2,5,7H2,1H3,(H3,15,16). The molecule has 0 saturated carbocycles. The van der Waals surface area contributed by atoms with Gasteiger partial charge in [0.05, 0.1) is 0 Å². The molecule has 20 heavy (non-hydrogen) atoms. The van der Waals surface area contributed by atoms with Crippen LogP contribution in [0, 0.1) is 11.2 Å². The Morgan fingerprint density at radius 3 is 2.95 bits per heavy atom. The van der Waals surface area contributed by atoms with Crippen LogP contribution in [-0.2, 0) is 13.2 Å². The molecule has 106 valence electrons. The molecule has 0 amide bonds. The van der Waals surface area contributed by atoms with E-state index in [-0.39, 0.29) is 18.2 Å². The lowest BCUT2D eigenvalue weighted by atomic mass is 10.2. The molecule has 0 saturated heterocycles. The number of ether oxygens (including phenoxy) is 1. The molecule has 1 heterocycles. The highest BCUT2D eigenvalue weighted by Gasteiger charge is 2.09. The predicted octanol–water partition coefficient (Wildman–Crippen LogP) is 1.69. The third-order valence-electron chi connectivity index (χ3n) is 2.73. The Morgan fingerprint density at radius 2 is 2.30 bits per heavy atom. The van der Waals surface area contributed by atoms with Gasteiger partial charge in [-0.3, -0.25) is 5.41 Å². The lowest BCUT2D eigenvalue weighted by Crippen LogP contribution is -2.12. The minimum absolute atomic E-state index is 0.0982. The van der Waals surface area contributed by atoms with Crippen molar-refractivity contribution in [2.75, 3.05) is 0 Å². The van der Waals surface area contributed by atoms with E-state index < -0.39 is 5.82 Å². The van der Waals surface area contributed by atoms with E-state index in [1.54, 1.807) is 4.68 Å². The molecule has 1 aromatic carbocycles. The molecule has 2 rings (SSSR count). The smallest absolute Gasteiger partial charge is 0.165 e. The first kappa shape index (κ1) is 14.0. The average Bonchev–Trinajstić information content (AvgIpc) is 2.85. The Morgan fingerprint density at radius 1 is 1.50 bits per heavy atom. The number of halogens is 1. The summed E-state index contributed by atoms with van der Waals surface area (Å²) in [4.78, 5) is 4.08. The van der Waals surface area contributed by atoms with Gasteiger partial charge in [0, 0.05) is 12.1 Å². The van der Waals surface area contributed by atoms with Crippen molar-refractivity contribution in [2.45, 2.75) is 26.5 Å². The van der Waals surface area contributed by atoms with Crippen LogP contribution in [0.15, 0.2) is 24.5 Å². The fourth-order valence-electron chi connectivity index (χ4n) is 1.73.